The molecule has 0 fully saturated rings. The maximum absolute atomic E-state index is 13.2. The monoisotopic (exact) mass is 381 g/mol. The van der Waals surface area contributed by atoms with Gasteiger partial charge < -0.3 is 9.47 Å². The molecule has 0 radical (unpaired) electrons. The number of halogens is 1. The van der Waals surface area contributed by atoms with Gasteiger partial charge in [0.25, 0.3) is 5.91 Å². The van der Waals surface area contributed by atoms with E-state index in [4.69, 9.17) is 11.6 Å². The first kappa shape index (κ1) is 17.7. The average molecular weight is 382 g/mol. The molecule has 0 unspecified atom stereocenters. The number of nitrogens with zero attached hydrogens (tertiary/aromatic N) is 5. The van der Waals surface area contributed by atoms with Crippen LogP contribution in [0.2, 0.25) is 5.28 Å². The zero-order chi connectivity index (χ0) is 19.1. The summed E-state index contributed by atoms with van der Waals surface area (Å²) < 4.78 is 2.00. The van der Waals surface area contributed by atoms with Crippen molar-refractivity contribution in [2.75, 3.05) is 0 Å². The highest BCUT2D eigenvalue weighted by Crippen LogP contribution is 2.29. The van der Waals surface area contributed by atoms with Crippen LogP contribution in [-0.2, 0) is 13.1 Å². The standard InChI is InChI=1S/C20H20ClN5O/c1-12-8-23-20(21)24-18(12)16-7-17-19(27)26(13(2)9-25(17)10-16)11-15-5-4-6-22-14(15)3/h4-8,10,13H,9,11H2,1-3H3/t13-/m0/s1. The molecule has 1 amide bonds. The van der Waals surface area contributed by atoms with Crippen LogP contribution in [0.15, 0.2) is 36.8 Å². The lowest BCUT2D eigenvalue weighted by molar-refractivity contribution is 0.0595. The largest absolute Gasteiger partial charge is 0.341 e. The Kier molecular flexibility index (Phi) is 4.44. The number of carbonyl (C=O) groups is 1. The summed E-state index contributed by atoms with van der Waals surface area (Å²) in [5.74, 6) is 0.0149. The van der Waals surface area contributed by atoms with Crippen molar-refractivity contribution in [3.8, 4) is 11.3 Å². The highest BCUT2D eigenvalue weighted by Gasteiger charge is 2.31. The number of pyridine rings is 1. The first-order valence-corrected chi connectivity index (χ1v) is 9.23. The molecule has 0 aliphatic carbocycles. The van der Waals surface area contributed by atoms with Crippen molar-refractivity contribution >= 4 is 17.5 Å². The molecule has 0 saturated carbocycles. The summed E-state index contributed by atoms with van der Waals surface area (Å²) in [4.78, 5) is 27.7. The summed E-state index contributed by atoms with van der Waals surface area (Å²) in [5, 5.41) is 0.202. The summed E-state index contributed by atoms with van der Waals surface area (Å²) in [7, 11) is 0. The van der Waals surface area contributed by atoms with Crippen molar-refractivity contribution in [2.45, 2.75) is 39.9 Å². The quantitative estimate of drug-likeness (QED) is 0.649. The molecule has 0 spiro atoms. The topological polar surface area (TPSA) is 63.9 Å². The molecular formula is C20H20ClN5O. The Morgan fingerprint density at radius 2 is 2.11 bits per heavy atom. The Labute approximate surface area is 162 Å². The normalized spacial score (nSPS) is 16.5. The number of rotatable bonds is 3. The third kappa shape index (κ3) is 3.21. The van der Waals surface area contributed by atoms with E-state index in [2.05, 4.69) is 21.9 Å². The molecule has 4 heterocycles. The van der Waals surface area contributed by atoms with E-state index in [1.165, 1.54) is 0 Å². The molecule has 1 aliphatic rings. The summed E-state index contributed by atoms with van der Waals surface area (Å²) in [6.45, 7) is 7.26. The Balaban J connectivity index is 1.69. The van der Waals surface area contributed by atoms with Crippen LogP contribution in [0.5, 0.6) is 0 Å². The SMILES string of the molecule is Cc1cnc(Cl)nc1-c1cc2n(c1)C[C@H](C)N(Cc1cccnc1C)C2=O. The molecule has 0 N–H and O–H groups in total. The van der Waals surface area contributed by atoms with Crippen LogP contribution in [-0.4, -0.2) is 36.4 Å². The molecular weight excluding hydrogens is 362 g/mol. The minimum atomic E-state index is 0.0149. The van der Waals surface area contributed by atoms with Gasteiger partial charge in [-0.25, -0.2) is 9.97 Å². The predicted octanol–water partition coefficient (Wildman–Crippen LogP) is 3.65. The van der Waals surface area contributed by atoms with E-state index in [0.29, 0.717) is 12.2 Å². The van der Waals surface area contributed by atoms with Gasteiger partial charge in [0.05, 0.1) is 5.69 Å². The Morgan fingerprint density at radius 3 is 2.89 bits per heavy atom. The van der Waals surface area contributed by atoms with E-state index in [1.807, 2.05) is 47.7 Å². The van der Waals surface area contributed by atoms with Crippen molar-refractivity contribution in [2.24, 2.45) is 0 Å². The molecule has 3 aromatic rings. The fraction of sp³-hybridized carbons (Fsp3) is 0.300. The third-order valence-corrected chi connectivity index (χ3v) is 5.22. The van der Waals surface area contributed by atoms with Crippen LogP contribution in [0.3, 0.4) is 0 Å². The fourth-order valence-electron chi connectivity index (χ4n) is 3.51. The Morgan fingerprint density at radius 1 is 1.30 bits per heavy atom. The van der Waals surface area contributed by atoms with Gasteiger partial charge in [-0.2, -0.15) is 0 Å². The van der Waals surface area contributed by atoms with Gasteiger partial charge in [-0.1, -0.05) is 6.07 Å². The van der Waals surface area contributed by atoms with E-state index in [-0.39, 0.29) is 17.2 Å². The molecule has 0 saturated heterocycles. The third-order valence-electron chi connectivity index (χ3n) is 5.04. The van der Waals surface area contributed by atoms with Gasteiger partial charge in [-0.3, -0.25) is 9.78 Å². The van der Waals surface area contributed by atoms with Gasteiger partial charge in [0.15, 0.2) is 0 Å². The second-order valence-electron chi connectivity index (χ2n) is 6.97. The van der Waals surface area contributed by atoms with E-state index in [0.717, 1.165) is 34.6 Å². The van der Waals surface area contributed by atoms with Crippen molar-refractivity contribution in [1.29, 1.82) is 0 Å². The maximum atomic E-state index is 13.2. The first-order valence-electron chi connectivity index (χ1n) is 8.85. The highest BCUT2D eigenvalue weighted by molar-refractivity contribution is 6.28. The number of hydrogen-bond donors (Lipinski definition) is 0. The molecule has 138 valence electrons. The zero-order valence-corrected chi connectivity index (χ0v) is 16.2. The molecule has 7 heteroatoms. The van der Waals surface area contributed by atoms with Crippen LogP contribution in [0.1, 0.15) is 34.2 Å². The van der Waals surface area contributed by atoms with E-state index in [9.17, 15) is 4.79 Å². The molecule has 4 rings (SSSR count). The summed E-state index contributed by atoms with van der Waals surface area (Å²) in [6, 6.07) is 5.90. The van der Waals surface area contributed by atoms with Crippen LogP contribution in [0.25, 0.3) is 11.3 Å². The summed E-state index contributed by atoms with van der Waals surface area (Å²) in [6.07, 6.45) is 5.44. The molecule has 1 aliphatic heterocycles. The summed E-state index contributed by atoms with van der Waals surface area (Å²) >= 11 is 5.96. The minimum Gasteiger partial charge on any atom is -0.341 e. The molecule has 27 heavy (non-hydrogen) atoms. The smallest absolute Gasteiger partial charge is 0.271 e. The summed E-state index contributed by atoms with van der Waals surface area (Å²) in [5.41, 5.74) is 5.24. The van der Waals surface area contributed by atoms with Gasteiger partial charge in [-0.15, -0.1) is 0 Å². The van der Waals surface area contributed by atoms with Gasteiger partial charge >= 0.3 is 0 Å². The lowest BCUT2D eigenvalue weighted by Crippen LogP contribution is -2.45. The Bertz CT molecular complexity index is 1030. The van der Waals surface area contributed by atoms with Gasteiger partial charge in [0.2, 0.25) is 5.28 Å². The fourth-order valence-corrected chi connectivity index (χ4v) is 3.64. The molecule has 0 aromatic carbocycles. The van der Waals surface area contributed by atoms with Gasteiger partial charge in [-0.05, 0) is 55.6 Å². The maximum Gasteiger partial charge on any atom is 0.271 e. The number of carbonyl (C=O) groups excluding carboxylic acids is 1. The van der Waals surface area contributed by atoms with Crippen LogP contribution < -0.4 is 0 Å². The van der Waals surface area contributed by atoms with Crippen molar-refractivity contribution in [3.05, 3.63) is 64.6 Å². The predicted molar refractivity (Wildman–Crippen MR) is 104 cm³/mol. The second-order valence-corrected chi connectivity index (χ2v) is 7.31. The number of aryl methyl sites for hydroxylation is 2. The van der Waals surface area contributed by atoms with Gasteiger partial charge in [0.1, 0.15) is 5.69 Å². The van der Waals surface area contributed by atoms with E-state index in [1.54, 1.807) is 12.4 Å². The van der Waals surface area contributed by atoms with Crippen molar-refractivity contribution < 1.29 is 4.79 Å². The van der Waals surface area contributed by atoms with Crippen LogP contribution in [0, 0.1) is 13.8 Å². The molecule has 3 aromatic heterocycles. The minimum absolute atomic E-state index is 0.0149. The molecule has 0 bridgehead atoms. The van der Waals surface area contributed by atoms with Crippen molar-refractivity contribution in [1.82, 2.24) is 24.4 Å². The number of hydrogen-bond acceptors (Lipinski definition) is 4. The van der Waals surface area contributed by atoms with Crippen LogP contribution in [0.4, 0.5) is 0 Å². The number of fused-ring (bicyclic) bond motifs is 1. The molecule has 1 atom stereocenters. The zero-order valence-electron chi connectivity index (χ0n) is 15.5. The lowest BCUT2D eigenvalue weighted by Gasteiger charge is -2.34. The lowest BCUT2D eigenvalue weighted by atomic mass is 10.1. The average Bonchev–Trinajstić information content (AvgIpc) is 3.06. The second kappa shape index (κ2) is 6.78. The van der Waals surface area contributed by atoms with E-state index >= 15 is 0 Å². The Hall–Kier alpha value is -2.73. The van der Waals surface area contributed by atoms with Gasteiger partial charge in [0, 0.05) is 49.0 Å². The molecule has 6 nitrogen and oxygen atoms in total. The highest BCUT2D eigenvalue weighted by atomic mass is 35.5. The van der Waals surface area contributed by atoms with E-state index < -0.39 is 0 Å². The van der Waals surface area contributed by atoms with Crippen LogP contribution >= 0.6 is 11.6 Å². The van der Waals surface area contributed by atoms with Crippen molar-refractivity contribution in [3.63, 3.8) is 0 Å². The first-order chi connectivity index (χ1) is 12.9. The number of amides is 1. The number of aromatic nitrogens is 4.